The van der Waals surface area contributed by atoms with Crippen LogP contribution in [0.15, 0.2) is 23.1 Å². The zero-order valence-corrected chi connectivity index (χ0v) is 12.9. The van der Waals surface area contributed by atoms with Crippen LogP contribution in [0.2, 0.25) is 0 Å². The number of thioether (sulfide) groups is 1. The molecule has 0 bridgehead atoms. The Labute approximate surface area is 119 Å². The molecule has 19 heavy (non-hydrogen) atoms. The van der Waals surface area contributed by atoms with Crippen molar-refractivity contribution in [3.8, 4) is 0 Å². The molecule has 0 amide bonds. The molecule has 1 rings (SSSR count). The number of ether oxygens (including phenoxy) is 1. The molecule has 0 fully saturated rings. The molecule has 0 radical (unpaired) electrons. The fourth-order valence-electron chi connectivity index (χ4n) is 2.05. The van der Waals surface area contributed by atoms with Crippen LogP contribution in [0.5, 0.6) is 0 Å². The Kier molecular flexibility index (Phi) is 6.18. The van der Waals surface area contributed by atoms with Crippen molar-refractivity contribution in [3.05, 3.63) is 23.8 Å². The van der Waals surface area contributed by atoms with Crippen molar-refractivity contribution in [2.75, 3.05) is 31.4 Å². The van der Waals surface area contributed by atoms with Gasteiger partial charge in [0.05, 0.1) is 12.2 Å². The van der Waals surface area contributed by atoms with Crippen LogP contribution in [0.4, 0.5) is 5.69 Å². The Balaban J connectivity index is 3.25. The van der Waals surface area contributed by atoms with Crippen molar-refractivity contribution in [1.82, 2.24) is 0 Å². The van der Waals surface area contributed by atoms with E-state index in [4.69, 9.17) is 15.9 Å². The van der Waals surface area contributed by atoms with Gasteiger partial charge in [-0.3, -0.25) is 5.41 Å². The van der Waals surface area contributed by atoms with E-state index in [2.05, 4.69) is 18.7 Å². The number of benzene rings is 1. The number of methoxy groups -OCH3 is 1. The van der Waals surface area contributed by atoms with E-state index in [1.807, 2.05) is 24.5 Å². The first-order chi connectivity index (χ1) is 9.02. The summed E-state index contributed by atoms with van der Waals surface area (Å²) in [7, 11) is 1.70. The van der Waals surface area contributed by atoms with Gasteiger partial charge in [0, 0.05) is 30.3 Å². The SMILES string of the molecule is COCCN(c1cccc(SC)c1C(=N)N)C(C)C. The average Bonchev–Trinajstić information content (AvgIpc) is 2.38. The van der Waals surface area contributed by atoms with E-state index in [1.165, 1.54) is 0 Å². The monoisotopic (exact) mass is 281 g/mol. The van der Waals surface area contributed by atoms with Crippen LogP contribution in [0.3, 0.4) is 0 Å². The second kappa shape index (κ2) is 7.40. The number of hydrogen-bond donors (Lipinski definition) is 2. The van der Waals surface area contributed by atoms with Gasteiger partial charge in [-0.15, -0.1) is 11.8 Å². The molecule has 0 atom stereocenters. The van der Waals surface area contributed by atoms with Gasteiger partial charge >= 0.3 is 0 Å². The minimum Gasteiger partial charge on any atom is -0.384 e. The molecule has 0 aliphatic carbocycles. The maximum Gasteiger partial charge on any atom is 0.126 e. The molecule has 5 heteroatoms. The first kappa shape index (κ1) is 15.9. The average molecular weight is 281 g/mol. The van der Waals surface area contributed by atoms with Crippen LogP contribution < -0.4 is 10.6 Å². The molecule has 3 N–H and O–H groups in total. The van der Waals surface area contributed by atoms with E-state index in [0.29, 0.717) is 12.6 Å². The molecular formula is C14H23N3OS. The third-order valence-electron chi connectivity index (χ3n) is 2.96. The second-order valence-electron chi connectivity index (χ2n) is 4.55. The number of amidine groups is 1. The summed E-state index contributed by atoms with van der Waals surface area (Å²) in [6.07, 6.45) is 2.00. The van der Waals surface area contributed by atoms with Crippen molar-refractivity contribution >= 4 is 23.3 Å². The van der Waals surface area contributed by atoms with Crippen molar-refractivity contribution in [1.29, 1.82) is 5.41 Å². The van der Waals surface area contributed by atoms with E-state index in [1.54, 1.807) is 18.9 Å². The predicted molar refractivity (Wildman–Crippen MR) is 83.6 cm³/mol. The number of hydrogen-bond acceptors (Lipinski definition) is 4. The molecule has 0 spiro atoms. The van der Waals surface area contributed by atoms with E-state index in [-0.39, 0.29) is 5.84 Å². The van der Waals surface area contributed by atoms with Gasteiger partial charge < -0.3 is 15.4 Å². The number of nitrogens with two attached hydrogens (primary N) is 1. The predicted octanol–water partition coefficient (Wildman–Crippen LogP) is 2.55. The Hall–Kier alpha value is -1.20. The fourth-order valence-corrected chi connectivity index (χ4v) is 2.68. The van der Waals surface area contributed by atoms with Crippen LogP contribution in [-0.4, -0.2) is 38.4 Å². The van der Waals surface area contributed by atoms with Crippen molar-refractivity contribution < 1.29 is 4.74 Å². The third-order valence-corrected chi connectivity index (χ3v) is 3.74. The van der Waals surface area contributed by atoms with E-state index in [9.17, 15) is 0 Å². The smallest absolute Gasteiger partial charge is 0.126 e. The van der Waals surface area contributed by atoms with Gasteiger partial charge in [0.15, 0.2) is 0 Å². The number of nitrogen functional groups attached to an aromatic ring is 1. The normalized spacial score (nSPS) is 10.8. The molecule has 1 aromatic rings. The molecule has 1 aromatic carbocycles. The lowest BCUT2D eigenvalue weighted by Crippen LogP contribution is -2.35. The van der Waals surface area contributed by atoms with Gasteiger partial charge in [0.25, 0.3) is 0 Å². The lowest BCUT2D eigenvalue weighted by Gasteiger charge is -2.31. The molecule has 0 unspecified atom stereocenters. The summed E-state index contributed by atoms with van der Waals surface area (Å²) in [5.41, 5.74) is 7.59. The van der Waals surface area contributed by atoms with E-state index in [0.717, 1.165) is 22.7 Å². The molecule has 0 heterocycles. The van der Waals surface area contributed by atoms with Gasteiger partial charge in [-0.2, -0.15) is 0 Å². The first-order valence-electron chi connectivity index (χ1n) is 6.29. The number of rotatable bonds is 7. The summed E-state index contributed by atoms with van der Waals surface area (Å²) in [6.45, 7) is 5.70. The highest BCUT2D eigenvalue weighted by molar-refractivity contribution is 7.98. The highest BCUT2D eigenvalue weighted by atomic mass is 32.2. The fraction of sp³-hybridized carbons (Fsp3) is 0.500. The van der Waals surface area contributed by atoms with Gasteiger partial charge in [0.1, 0.15) is 5.84 Å². The topological polar surface area (TPSA) is 62.3 Å². The lowest BCUT2D eigenvalue weighted by molar-refractivity contribution is 0.204. The highest BCUT2D eigenvalue weighted by Gasteiger charge is 2.18. The molecule has 4 nitrogen and oxygen atoms in total. The molecule has 0 aliphatic rings. The quantitative estimate of drug-likeness (QED) is 0.458. The molecular weight excluding hydrogens is 258 g/mol. The maximum absolute atomic E-state index is 7.84. The minimum atomic E-state index is 0.114. The van der Waals surface area contributed by atoms with Crippen molar-refractivity contribution in [3.63, 3.8) is 0 Å². The summed E-state index contributed by atoms with van der Waals surface area (Å²) < 4.78 is 5.17. The van der Waals surface area contributed by atoms with Gasteiger partial charge in [-0.25, -0.2) is 0 Å². The molecule has 0 saturated carbocycles. The van der Waals surface area contributed by atoms with Crippen LogP contribution in [0.1, 0.15) is 19.4 Å². The minimum absolute atomic E-state index is 0.114. The molecule has 0 saturated heterocycles. The zero-order chi connectivity index (χ0) is 14.4. The standard InChI is InChI=1S/C14H23N3OS/c1-10(2)17(8-9-18-3)11-6-5-7-12(19-4)13(11)14(15)16/h5-7,10H,8-9H2,1-4H3,(H3,15,16). The first-order valence-corrected chi connectivity index (χ1v) is 7.52. The van der Waals surface area contributed by atoms with E-state index >= 15 is 0 Å². The summed E-state index contributed by atoms with van der Waals surface area (Å²) in [6, 6.07) is 6.35. The zero-order valence-electron chi connectivity index (χ0n) is 12.1. The Bertz CT molecular complexity index is 435. The lowest BCUT2D eigenvalue weighted by atomic mass is 10.1. The third kappa shape index (κ3) is 3.88. The number of nitrogens with one attached hydrogen (secondary N) is 1. The van der Waals surface area contributed by atoms with Gasteiger partial charge in [-0.05, 0) is 32.2 Å². The molecule has 0 aromatic heterocycles. The Morgan fingerprint density at radius 1 is 1.47 bits per heavy atom. The molecule has 0 aliphatic heterocycles. The summed E-state index contributed by atoms with van der Waals surface area (Å²) in [5.74, 6) is 0.114. The number of nitrogens with zero attached hydrogens (tertiary/aromatic N) is 1. The Morgan fingerprint density at radius 2 is 2.16 bits per heavy atom. The largest absolute Gasteiger partial charge is 0.384 e. The highest BCUT2D eigenvalue weighted by Crippen LogP contribution is 2.30. The van der Waals surface area contributed by atoms with Crippen LogP contribution in [0, 0.1) is 5.41 Å². The Morgan fingerprint density at radius 3 is 2.63 bits per heavy atom. The van der Waals surface area contributed by atoms with Crippen LogP contribution >= 0.6 is 11.8 Å². The maximum atomic E-state index is 7.84. The van der Waals surface area contributed by atoms with Crippen LogP contribution in [0.25, 0.3) is 0 Å². The van der Waals surface area contributed by atoms with Gasteiger partial charge in [-0.1, -0.05) is 6.07 Å². The van der Waals surface area contributed by atoms with Crippen molar-refractivity contribution in [2.45, 2.75) is 24.8 Å². The number of anilines is 1. The van der Waals surface area contributed by atoms with Crippen LogP contribution in [-0.2, 0) is 4.74 Å². The van der Waals surface area contributed by atoms with Crippen molar-refractivity contribution in [2.24, 2.45) is 5.73 Å². The summed E-state index contributed by atoms with van der Waals surface area (Å²) >= 11 is 1.61. The molecule has 106 valence electrons. The summed E-state index contributed by atoms with van der Waals surface area (Å²) in [4.78, 5) is 3.26. The van der Waals surface area contributed by atoms with Gasteiger partial charge in [0.2, 0.25) is 0 Å². The second-order valence-corrected chi connectivity index (χ2v) is 5.40. The summed E-state index contributed by atoms with van der Waals surface area (Å²) in [5, 5.41) is 7.84. The van der Waals surface area contributed by atoms with E-state index < -0.39 is 0 Å².